The number of piperazine rings is 1. The fourth-order valence-electron chi connectivity index (χ4n) is 3.78. The van der Waals surface area contributed by atoms with E-state index in [4.69, 9.17) is 9.47 Å². The van der Waals surface area contributed by atoms with Crippen molar-refractivity contribution in [3.8, 4) is 11.5 Å². The molecule has 6 nitrogen and oxygen atoms in total. The molecule has 0 spiro atoms. The molecule has 0 bridgehead atoms. The van der Waals surface area contributed by atoms with Crippen LogP contribution < -0.4 is 20.1 Å². The minimum atomic E-state index is -4.37. The van der Waals surface area contributed by atoms with Crippen LogP contribution in [0, 0.1) is 0 Å². The van der Waals surface area contributed by atoms with Crippen LogP contribution in [0.1, 0.15) is 23.6 Å². The monoisotopic (exact) mass is 435 g/mol. The molecule has 166 valence electrons. The lowest BCUT2D eigenvalue weighted by atomic mass is 10.0. The zero-order valence-electron chi connectivity index (χ0n) is 16.9. The van der Waals surface area contributed by atoms with Crippen LogP contribution in [0.3, 0.4) is 0 Å². The number of nitrogens with zero attached hydrogens (tertiary/aromatic N) is 1. The van der Waals surface area contributed by atoms with E-state index in [1.807, 2.05) is 4.90 Å². The maximum Gasteiger partial charge on any atom is 0.416 e. The van der Waals surface area contributed by atoms with Crippen LogP contribution in [0.2, 0.25) is 0 Å². The molecule has 1 saturated heterocycles. The zero-order valence-corrected chi connectivity index (χ0v) is 16.9. The molecule has 2 aromatic carbocycles. The van der Waals surface area contributed by atoms with Gasteiger partial charge in [0.25, 0.3) is 0 Å². The van der Waals surface area contributed by atoms with E-state index in [1.54, 1.807) is 18.2 Å². The first-order valence-electron chi connectivity index (χ1n) is 10.2. The summed E-state index contributed by atoms with van der Waals surface area (Å²) in [4.78, 5) is 14.7. The smallest absolute Gasteiger partial charge is 0.416 e. The molecule has 2 aliphatic heterocycles. The third-order valence-corrected chi connectivity index (χ3v) is 5.36. The van der Waals surface area contributed by atoms with Gasteiger partial charge >= 0.3 is 6.18 Å². The largest absolute Gasteiger partial charge is 0.490 e. The number of anilines is 1. The number of benzene rings is 2. The van der Waals surface area contributed by atoms with Crippen LogP contribution in [0.4, 0.5) is 18.9 Å². The molecular formula is C22H24F3N3O3. The molecule has 2 aromatic rings. The SMILES string of the molecule is O=C(CN1CCNCC1c1ccc(C(F)(F)F)cc1)Nc1ccc2c(c1)OCCCO2. The summed E-state index contributed by atoms with van der Waals surface area (Å²) in [5.74, 6) is 1.05. The molecule has 1 atom stereocenters. The molecule has 4 rings (SSSR count). The van der Waals surface area contributed by atoms with Crippen LogP contribution in [0.15, 0.2) is 42.5 Å². The number of rotatable bonds is 4. The number of amides is 1. The molecule has 9 heteroatoms. The van der Waals surface area contributed by atoms with Crippen LogP contribution in [-0.4, -0.2) is 50.2 Å². The molecule has 1 amide bonds. The van der Waals surface area contributed by atoms with E-state index in [2.05, 4.69) is 10.6 Å². The molecule has 0 aromatic heterocycles. The summed E-state index contributed by atoms with van der Waals surface area (Å²) in [7, 11) is 0. The summed E-state index contributed by atoms with van der Waals surface area (Å²) in [6.07, 6.45) is -3.57. The van der Waals surface area contributed by atoms with E-state index in [0.29, 0.717) is 50.0 Å². The number of nitrogens with one attached hydrogen (secondary N) is 2. The number of hydrogen-bond donors (Lipinski definition) is 2. The van der Waals surface area contributed by atoms with Gasteiger partial charge in [-0.25, -0.2) is 0 Å². The van der Waals surface area contributed by atoms with Gasteiger partial charge < -0.3 is 20.1 Å². The lowest BCUT2D eigenvalue weighted by molar-refractivity contribution is -0.137. The van der Waals surface area contributed by atoms with Gasteiger partial charge in [0.15, 0.2) is 11.5 Å². The van der Waals surface area contributed by atoms with Crippen LogP contribution >= 0.6 is 0 Å². The topological polar surface area (TPSA) is 62.8 Å². The predicted molar refractivity (Wildman–Crippen MR) is 109 cm³/mol. The lowest BCUT2D eigenvalue weighted by Gasteiger charge is -2.36. The van der Waals surface area contributed by atoms with Crippen molar-refractivity contribution in [3.63, 3.8) is 0 Å². The summed E-state index contributed by atoms with van der Waals surface area (Å²) in [5.41, 5.74) is 0.665. The van der Waals surface area contributed by atoms with Crippen LogP contribution in [0.25, 0.3) is 0 Å². The van der Waals surface area contributed by atoms with Crippen molar-refractivity contribution >= 4 is 11.6 Å². The predicted octanol–water partition coefficient (Wildman–Crippen LogP) is 3.45. The fourth-order valence-corrected chi connectivity index (χ4v) is 3.78. The van der Waals surface area contributed by atoms with Crippen molar-refractivity contribution in [1.82, 2.24) is 10.2 Å². The minimum Gasteiger partial charge on any atom is -0.490 e. The summed E-state index contributed by atoms with van der Waals surface area (Å²) < 4.78 is 49.8. The molecule has 1 fully saturated rings. The van der Waals surface area contributed by atoms with E-state index in [-0.39, 0.29) is 18.5 Å². The zero-order chi connectivity index (χ0) is 21.8. The summed E-state index contributed by atoms with van der Waals surface area (Å²) in [6.45, 7) is 3.15. The number of halogens is 3. The molecule has 0 aliphatic carbocycles. The van der Waals surface area contributed by atoms with Gasteiger partial charge in [0.1, 0.15) is 0 Å². The van der Waals surface area contributed by atoms with Gasteiger partial charge in [-0.15, -0.1) is 0 Å². The highest BCUT2D eigenvalue weighted by molar-refractivity contribution is 5.92. The fraction of sp³-hybridized carbons (Fsp3) is 0.409. The number of carbonyl (C=O) groups excluding carboxylic acids is 1. The van der Waals surface area contributed by atoms with Crippen molar-refractivity contribution < 1.29 is 27.4 Å². The first-order chi connectivity index (χ1) is 14.9. The maximum absolute atomic E-state index is 12.9. The van der Waals surface area contributed by atoms with Crippen molar-refractivity contribution in [3.05, 3.63) is 53.6 Å². The van der Waals surface area contributed by atoms with Crippen molar-refractivity contribution in [2.45, 2.75) is 18.6 Å². The number of alkyl halides is 3. The summed E-state index contributed by atoms with van der Waals surface area (Å²) in [6, 6.07) is 10.2. The Balaban J connectivity index is 1.42. The lowest BCUT2D eigenvalue weighted by Crippen LogP contribution is -2.48. The standard InChI is InChI=1S/C22H24F3N3O3/c23-22(24,25)16-4-2-15(3-5-16)18-13-26-8-9-28(18)14-21(29)27-17-6-7-19-20(12-17)31-11-1-10-30-19/h2-7,12,18,26H,1,8-11,13-14H2,(H,27,29). The summed E-state index contributed by atoms with van der Waals surface area (Å²) in [5, 5.41) is 6.12. The quantitative estimate of drug-likeness (QED) is 0.771. The van der Waals surface area contributed by atoms with Gasteiger partial charge in [0.2, 0.25) is 5.91 Å². The number of fused-ring (bicyclic) bond motifs is 1. The van der Waals surface area contributed by atoms with Crippen molar-refractivity contribution in [1.29, 1.82) is 0 Å². The normalized spacial score (nSPS) is 19.5. The molecule has 2 N–H and O–H groups in total. The highest BCUT2D eigenvalue weighted by Gasteiger charge is 2.31. The molecule has 31 heavy (non-hydrogen) atoms. The number of carbonyl (C=O) groups is 1. The first-order valence-corrected chi connectivity index (χ1v) is 10.2. The van der Waals surface area contributed by atoms with Gasteiger partial charge in [0, 0.05) is 43.9 Å². The number of hydrogen-bond acceptors (Lipinski definition) is 5. The Kier molecular flexibility index (Phi) is 6.33. The second kappa shape index (κ2) is 9.15. The Morgan fingerprint density at radius 1 is 1.10 bits per heavy atom. The maximum atomic E-state index is 12.9. The second-order valence-electron chi connectivity index (χ2n) is 7.57. The van der Waals surface area contributed by atoms with E-state index < -0.39 is 11.7 Å². The van der Waals surface area contributed by atoms with Gasteiger partial charge in [-0.3, -0.25) is 9.69 Å². The Bertz CT molecular complexity index is 918. The molecule has 0 saturated carbocycles. The van der Waals surface area contributed by atoms with Crippen LogP contribution in [0.5, 0.6) is 11.5 Å². The van der Waals surface area contributed by atoms with Gasteiger partial charge in [-0.1, -0.05) is 12.1 Å². The Labute approximate surface area is 178 Å². The molecule has 0 radical (unpaired) electrons. The third-order valence-electron chi connectivity index (χ3n) is 5.36. The Morgan fingerprint density at radius 2 is 1.84 bits per heavy atom. The van der Waals surface area contributed by atoms with Crippen molar-refractivity contribution in [2.24, 2.45) is 0 Å². The second-order valence-corrected chi connectivity index (χ2v) is 7.57. The first kappa shape index (κ1) is 21.5. The molecule has 2 heterocycles. The summed E-state index contributed by atoms with van der Waals surface area (Å²) >= 11 is 0. The van der Waals surface area contributed by atoms with Gasteiger partial charge in [-0.05, 0) is 29.8 Å². The number of ether oxygens (including phenoxy) is 2. The van der Waals surface area contributed by atoms with E-state index in [0.717, 1.165) is 24.1 Å². The average molecular weight is 435 g/mol. The van der Waals surface area contributed by atoms with Gasteiger partial charge in [-0.2, -0.15) is 13.2 Å². The van der Waals surface area contributed by atoms with Crippen LogP contribution in [-0.2, 0) is 11.0 Å². The molecule has 2 aliphatic rings. The van der Waals surface area contributed by atoms with E-state index in [9.17, 15) is 18.0 Å². The highest BCUT2D eigenvalue weighted by Crippen LogP contribution is 2.33. The average Bonchev–Trinajstić information content (AvgIpc) is 2.98. The molecule has 1 unspecified atom stereocenters. The Hall–Kier alpha value is -2.78. The van der Waals surface area contributed by atoms with Gasteiger partial charge in [0.05, 0.1) is 25.3 Å². The van der Waals surface area contributed by atoms with E-state index >= 15 is 0 Å². The highest BCUT2D eigenvalue weighted by atomic mass is 19.4. The Morgan fingerprint density at radius 3 is 2.58 bits per heavy atom. The third kappa shape index (κ3) is 5.29. The van der Waals surface area contributed by atoms with Crippen molar-refractivity contribution in [2.75, 3.05) is 44.7 Å². The minimum absolute atomic E-state index is 0.127. The van der Waals surface area contributed by atoms with E-state index in [1.165, 1.54) is 12.1 Å². The molecular weight excluding hydrogens is 411 g/mol.